The maximum absolute atomic E-state index is 11.7. The van der Waals surface area contributed by atoms with Gasteiger partial charge in [0.2, 0.25) is 11.7 Å². The van der Waals surface area contributed by atoms with E-state index in [1.54, 1.807) is 0 Å². The van der Waals surface area contributed by atoms with Crippen LogP contribution in [0.4, 0.5) is 0 Å². The number of rotatable bonds is 8. The topological polar surface area (TPSA) is 88.8 Å². The van der Waals surface area contributed by atoms with E-state index in [1.165, 1.54) is 12.1 Å². The van der Waals surface area contributed by atoms with Crippen molar-refractivity contribution in [1.82, 2.24) is 5.32 Å². The van der Waals surface area contributed by atoms with Gasteiger partial charge in [-0.05, 0) is 46.6 Å². The zero-order chi connectivity index (χ0) is 16.7. The van der Waals surface area contributed by atoms with Crippen molar-refractivity contribution in [2.45, 2.75) is 19.4 Å². The van der Waals surface area contributed by atoms with Crippen LogP contribution in [-0.2, 0) is 11.3 Å². The standard InChI is InChI=1S/C16H16BrNO5/c17-12-4-1-2-5-13(12)22-9-3-6-15(19)18-10-11-7-8-14(23-11)16(20)21/h1-2,4-5,7-8H,3,6,9-10H2,(H,18,19)(H,20,21). The predicted octanol–water partition coefficient (Wildman–Crippen LogP) is 3.22. The van der Waals surface area contributed by atoms with Gasteiger partial charge in [-0.15, -0.1) is 0 Å². The Hall–Kier alpha value is -2.28. The van der Waals surface area contributed by atoms with Gasteiger partial charge in [0.15, 0.2) is 0 Å². The average Bonchev–Trinajstić information content (AvgIpc) is 3.00. The normalized spacial score (nSPS) is 10.3. The minimum absolute atomic E-state index is 0.143. The van der Waals surface area contributed by atoms with Crippen LogP contribution in [0.1, 0.15) is 29.2 Å². The van der Waals surface area contributed by atoms with Crippen LogP contribution in [0.3, 0.4) is 0 Å². The number of aromatic carboxylic acids is 1. The first-order valence-corrected chi connectivity index (χ1v) is 7.81. The number of hydrogen-bond donors (Lipinski definition) is 2. The van der Waals surface area contributed by atoms with E-state index >= 15 is 0 Å². The molecule has 2 rings (SSSR count). The first-order chi connectivity index (χ1) is 11.1. The van der Waals surface area contributed by atoms with Crippen LogP contribution in [-0.4, -0.2) is 23.6 Å². The fourth-order valence-electron chi connectivity index (χ4n) is 1.84. The number of benzene rings is 1. The van der Waals surface area contributed by atoms with E-state index in [4.69, 9.17) is 14.3 Å². The Bertz CT molecular complexity index is 683. The van der Waals surface area contributed by atoms with Crippen molar-refractivity contribution in [1.29, 1.82) is 0 Å². The molecule has 0 radical (unpaired) electrons. The van der Waals surface area contributed by atoms with Crippen molar-refractivity contribution in [2.75, 3.05) is 6.61 Å². The third kappa shape index (κ3) is 5.45. The summed E-state index contributed by atoms with van der Waals surface area (Å²) in [5.74, 6) is -0.276. The zero-order valence-corrected chi connectivity index (χ0v) is 13.8. The number of ether oxygens (including phenoxy) is 1. The summed E-state index contributed by atoms with van der Waals surface area (Å²) in [5, 5.41) is 11.4. The molecule has 2 aromatic rings. The SMILES string of the molecule is O=C(CCCOc1ccccc1Br)NCc1ccc(C(=O)O)o1. The fourth-order valence-corrected chi connectivity index (χ4v) is 2.24. The van der Waals surface area contributed by atoms with Gasteiger partial charge in [-0.1, -0.05) is 12.1 Å². The summed E-state index contributed by atoms with van der Waals surface area (Å²) >= 11 is 3.38. The van der Waals surface area contributed by atoms with E-state index in [1.807, 2.05) is 24.3 Å². The van der Waals surface area contributed by atoms with Crippen molar-refractivity contribution in [3.05, 3.63) is 52.4 Å². The minimum atomic E-state index is -1.13. The Morgan fingerprint density at radius 2 is 2.00 bits per heavy atom. The highest BCUT2D eigenvalue weighted by molar-refractivity contribution is 9.10. The van der Waals surface area contributed by atoms with Crippen LogP contribution in [0.5, 0.6) is 5.75 Å². The number of nitrogens with one attached hydrogen (secondary N) is 1. The van der Waals surface area contributed by atoms with Crippen molar-refractivity contribution in [2.24, 2.45) is 0 Å². The third-order valence-corrected chi connectivity index (χ3v) is 3.63. The van der Waals surface area contributed by atoms with E-state index in [-0.39, 0.29) is 18.2 Å². The Morgan fingerprint density at radius 1 is 1.22 bits per heavy atom. The van der Waals surface area contributed by atoms with E-state index in [0.29, 0.717) is 25.2 Å². The first-order valence-electron chi connectivity index (χ1n) is 7.02. The lowest BCUT2D eigenvalue weighted by Gasteiger charge is -2.08. The lowest BCUT2D eigenvalue weighted by molar-refractivity contribution is -0.121. The minimum Gasteiger partial charge on any atom is -0.492 e. The molecule has 0 bridgehead atoms. The molecule has 0 fully saturated rings. The maximum atomic E-state index is 11.7. The lowest BCUT2D eigenvalue weighted by Crippen LogP contribution is -2.22. The molecule has 1 aromatic heterocycles. The summed E-state index contributed by atoms with van der Waals surface area (Å²) in [6.45, 7) is 0.594. The molecule has 0 aliphatic rings. The number of carboxylic acid groups (broad SMARTS) is 1. The Labute approximate surface area is 141 Å². The fraction of sp³-hybridized carbons (Fsp3) is 0.250. The molecule has 2 N–H and O–H groups in total. The molecule has 0 saturated heterocycles. The van der Waals surface area contributed by atoms with Crippen LogP contribution in [0.25, 0.3) is 0 Å². The molecule has 0 atom stereocenters. The largest absolute Gasteiger partial charge is 0.492 e. The second-order valence-corrected chi connectivity index (χ2v) is 5.58. The number of para-hydroxylation sites is 1. The summed E-state index contributed by atoms with van der Waals surface area (Å²) in [6.07, 6.45) is 0.892. The molecule has 1 aromatic carbocycles. The first kappa shape index (κ1) is 17.1. The molecule has 1 amide bonds. The molecule has 7 heteroatoms. The predicted molar refractivity (Wildman–Crippen MR) is 86.4 cm³/mol. The highest BCUT2D eigenvalue weighted by Gasteiger charge is 2.09. The van der Waals surface area contributed by atoms with Crippen molar-refractivity contribution in [3.8, 4) is 5.75 Å². The number of hydrogen-bond acceptors (Lipinski definition) is 4. The van der Waals surface area contributed by atoms with E-state index in [2.05, 4.69) is 21.2 Å². The number of furan rings is 1. The van der Waals surface area contributed by atoms with Gasteiger partial charge in [-0.3, -0.25) is 4.79 Å². The number of carboxylic acids is 1. The smallest absolute Gasteiger partial charge is 0.371 e. The van der Waals surface area contributed by atoms with E-state index in [9.17, 15) is 9.59 Å². The molecular formula is C16H16BrNO5. The van der Waals surface area contributed by atoms with Crippen LogP contribution in [0, 0.1) is 0 Å². The average molecular weight is 382 g/mol. The molecule has 0 aliphatic carbocycles. The van der Waals surface area contributed by atoms with Gasteiger partial charge >= 0.3 is 5.97 Å². The second-order valence-electron chi connectivity index (χ2n) is 4.73. The number of amides is 1. The summed E-state index contributed by atoms with van der Waals surface area (Å²) in [7, 11) is 0. The molecule has 122 valence electrons. The van der Waals surface area contributed by atoms with Crippen LogP contribution < -0.4 is 10.1 Å². The van der Waals surface area contributed by atoms with Gasteiger partial charge in [0.05, 0.1) is 17.6 Å². The highest BCUT2D eigenvalue weighted by atomic mass is 79.9. The number of carbonyl (C=O) groups excluding carboxylic acids is 1. The van der Waals surface area contributed by atoms with Crippen molar-refractivity contribution in [3.63, 3.8) is 0 Å². The number of halogens is 1. The van der Waals surface area contributed by atoms with Crippen molar-refractivity contribution < 1.29 is 23.8 Å². The summed E-state index contributed by atoms with van der Waals surface area (Å²) in [4.78, 5) is 22.4. The summed E-state index contributed by atoms with van der Waals surface area (Å²) in [6, 6.07) is 10.4. The van der Waals surface area contributed by atoms with E-state index in [0.717, 1.165) is 10.2 Å². The summed E-state index contributed by atoms with van der Waals surface area (Å²) < 4.78 is 11.5. The molecular weight excluding hydrogens is 366 g/mol. The summed E-state index contributed by atoms with van der Waals surface area (Å²) in [5.41, 5.74) is 0. The van der Waals surface area contributed by atoms with Crippen LogP contribution in [0.15, 0.2) is 45.3 Å². The van der Waals surface area contributed by atoms with Gasteiger partial charge in [-0.25, -0.2) is 4.79 Å². The Balaban J connectivity index is 1.65. The quantitative estimate of drug-likeness (QED) is 0.685. The van der Waals surface area contributed by atoms with Crippen molar-refractivity contribution >= 4 is 27.8 Å². The van der Waals surface area contributed by atoms with Gasteiger partial charge < -0.3 is 19.6 Å². The molecule has 0 unspecified atom stereocenters. The maximum Gasteiger partial charge on any atom is 0.371 e. The second kappa shape index (κ2) is 8.38. The lowest BCUT2D eigenvalue weighted by atomic mass is 10.3. The third-order valence-electron chi connectivity index (χ3n) is 2.97. The van der Waals surface area contributed by atoms with Gasteiger partial charge in [0.1, 0.15) is 11.5 Å². The number of carbonyl (C=O) groups is 2. The van der Waals surface area contributed by atoms with Crippen LogP contribution in [0.2, 0.25) is 0 Å². The van der Waals surface area contributed by atoms with Gasteiger partial charge in [0.25, 0.3) is 0 Å². The molecule has 23 heavy (non-hydrogen) atoms. The molecule has 6 nitrogen and oxygen atoms in total. The van der Waals surface area contributed by atoms with Crippen LogP contribution >= 0.6 is 15.9 Å². The van der Waals surface area contributed by atoms with Gasteiger partial charge in [-0.2, -0.15) is 0 Å². The highest BCUT2D eigenvalue weighted by Crippen LogP contribution is 2.23. The molecule has 0 spiro atoms. The molecule has 0 saturated carbocycles. The Morgan fingerprint density at radius 3 is 2.70 bits per heavy atom. The Kier molecular flexibility index (Phi) is 6.22. The van der Waals surface area contributed by atoms with E-state index < -0.39 is 5.97 Å². The zero-order valence-electron chi connectivity index (χ0n) is 12.3. The molecule has 0 aliphatic heterocycles. The monoisotopic (exact) mass is 381 g/mol. The van der Waals surface area contributed by atoms with Gasteiger partial charge in [0, 0.05) is 6.42 Å². The molecule has 1 heterocycles.